The second-order valence-electron chi connectivity index (χ2n) is 7.38. The molecule has 7 nitrogen and oxygen atoms in total. The number of halogens is 1. The van der Waals surface area contributed by atoms with Crippen molar-refractivity contribution in [3.8, 4) is 17.0 Å². The van der Waals surface area contributed by atoms with Crippen molar-refractivity contribution in [2.24, 2.45) is 0 Å². The summed E-state index contributed by atoms with van der Waals surface area (Å²) >= 11 is 6.11. The van der Waals surface area contributed by atoms with Crippen LogP contribution in [0.25, 0.3) is 22.2 Å². The summed E-state index contributed by atoms with van der Waals surface area (Å²) in [5.74, 6) is 1.24. The molecule has 4 aromatic rings. The highest BCUT2D eigenvalue weighted by atomic mass is 35.5. The van der Waals surface area contributed by atoms with Crippen LogP contribution in [0.5, 0.6) is 5.75 Å². The van der Waals surface area contributed by atoms with Crippen LogP contribution < -0.4 is 15.4 Å². The van der Waals surface area contributed by atoms with E-state index in [4.69, 9.17) is 21.3 Å². The van der Waals surface area contributed by atoms with E-state index < -0.39 is 0 Å². The topological polar surface area (TPSA) is 91.9 Å². The zero-order valence-electron chi connectivity index (χ0n) is 16.8. The van der Waals surface area contributed by atoms with Gasteiger partial charge in [-0.15, -0.1) is 0 Å². The van der Waals surface area contributed by atoms with Gasteiger partial charge in [0.05, 0.1) is 24.9 Å². The third-order valence-corrected chi connectivity index (χ3v) is 5.61. The number of H-pyrrole nitrogens is 1. The minimum atomic E-state index is -0.110. The standard InChI is InChI=1S/C23H20ClN5O2/c1-31-16-3-5-19-18(10-16)13(11-26-19)6-7-25-23-27-12-14-8-21(30)28-20-9-15(24)2-4-17(20)22(14)29-23/h2-5,9-12,26H,6-8H2,1H3,(H,28,30)(H,25,27,29). The summed E-state index contributed by atoms with van der Waals surface area (Å²) in [6.45, 7) is 0.660. The Morgan fingerprint density at radius 2 is 2.13 bits per heavy atom. The summed E-state index contributed by atoms with van der Waals surface area (Å²) in [7, 11) is 1.67. The molecule has 5 rings (SSSR count). The number of carbonyl (C=O) groups is 1. The highest BCUT2D eigenvalue weighted by Gasteiger charge is 2.21. The molecule has 0 radical (unpaired) electrons. The number of aromatic amines is 1. The molecule has 0 saturated carbocycles. The van der Waals surface area contributed by atoms with Crippen molar-refractivity contribution < 1.29 is 9.53 Å². The SMILES string of the molecule is COc1ccc2[nH]cc(CCNc3ncc4c(n3)-c3ccc(Cl)cc3NC(=O)C4)c2c1. The van der Waals surface area contributed by atoms with Gasteiger partial charge in [-0.3, -0.25) is 4.79 Å². The van der Waals surface area contributed by atoms with Gasteiger partial charge < -0.3 is 20.4 Å². The van der Waals surface area contributed by atoms with Crippen molar-refractivity contribution in [2.75, 3.05) is 24.3 Å². The van der Waals surface area contributed by atoms with Gasteiger partial charge in [-0.05, 0) is 48.4 Å². The lowest BCUT2D eigenvalue weighted by Gasteiger charge is -2.11. The number of nitrogens with zero attached hydrogens (tertiary/aromatic N) is 2. The van der Waals surface area contributed by atoms with Crippen LogP contribution in [0, 0.1) is 0 Å². The van der Waals surface area contributed by atoms with Crippen molar-refractivity contribution >= 4 is 40.0 Å². The summed E-state index contributed by atoms with van der Waals surface area (Å²) in [4.78, 5) is 24.6. The molecule has 0 aliphatic carbocycles. The number of anilines is 2. The van der Waals surface area contributed by atoms with Gasteiger partial charge in [0.2, 0.25) is 11.9 Å². The number of benzene rings is 2. The number of rotatable bonds is 5. The Hall–Kier alpha value is -3.58. The van der Waals surface area contributed by atoms with Crippen LogP contribution in [0.2, 0.25) is 5.02 Å². The van der Waals surface area contributed by atoms with E-state index in [9.17, 15) is 4.79 Å². The number of fused-ring (bicyclic) bond motifs is 4. The van der Waals surface area contributed by atoms with Gasteiger partial charge in [0.25, 0.3) is 0 Å². The molecule has 0 spiro atoms. The van der Waals surface area contributed by atoms with E-state index in [1.54, 1.807) is 25.4 Å². The predicted molar refractivity (Wildman–Crippen MR) is 122 cm³/mol. The molecule has 0 saturated heterocycles. The summed E-state index contributed by atoms with van der Waals surface area (Å²) in [6.07, 6.45) is 4.74. The van der Waals surface area contributed by atoms with Crippen molar-refractivity contribution in [3.05, 3.63) is 64.9 Å². The maximum atomic E-state index is 12.2. The second kappa shape index (κ2) is 7.92. The molecule has 0 unspecified atom stereocenters. The molecule has 1 aliphatic heterocycles. The van der Waals surface area contributed by atoms with E-state index in [1.165, 1.54) is 5.56 Å². The fourth-order valence-corrected chi connectivity index (χ4v) is 4.02. The molecule has 0 atom stereocenters. The van der Waals surface area contributed by atoms with Crippen LogP contribution in [0.15, 0.2) is 48.8 Å². The Morgan fingerprint density at radius 1 is 1.23 bits per heavy atom. The highest BCUT2D eigenvalue weighted by Crippen LogP contribution is 2.34. The first kappa shape index (κ1) is 19.4. The van der Waals surface area contributed by atoms with Gasteiger partial charge >= 0.3 is 0 Å². The highest BCUT2D eigenvalue weighted by molar-refractivity contribution is 6.31. The average molecular weight is 434 g/mol. The molecule has 3 N–H and O–H groups in total. The van der Waals surface area contributed by atoms with Gasteiger partial charge in [0.1, 0.15) is 5.75 Å². The van der Waals surface area contributed by atoms with Crippen LogP contribution in [0.4, 0.5) is 11.6 Å². The Bertz CT molecular complexity index is 1300. The van der Waals surface area contributed by atoms with Gasteiger partial charge in [0.15, 0.2) is 0 Å². The first-order valence-corrected chi connectivity index (χ1v) is 10.3. The summed E-state index contributed by atoms with van der Waals surface area (Å²) in [5.41, 5.74) is 5.27. The van der Waals surface area contributed by atoms with E-state index in [1.807, 2.05) is 30.5 Å². The fourth-order valence-electron chi connectivity index (χ4n) is 3.85. The largest absolute Gasteiger partial charge is 0.497 e. The van der Waals surface area contributed by atoms with Crippen LogP contribution in [-0.2, 0) is 17.6 Å². The van der Waals surface area contributed by atoms with E-state index in [0.717, 1.165) is 39.9 Å². The normalized spacial score (nSPS) is 12.6. The minimum absolute atomic E-state index is 0.110. The van der Waals surface area contributed by atoms with Crippen molar-refractivity contribution in [1.29, 1.82) is 0 Å². The van der Waals surface area contributed by atoms with Crippen LogP contribution in [-0.4, -0.2) is 34.5 Å². The Kier molecular flexibility index (Phi) is 4.95. The third-order valence-electron chi connectivity index (χ3n) is 5.38. The zero-order valence-corrected chi connectivity index (χ0v) is 17.6. The Morgan fingerprint density at radius 3 is 3.00 bits per heavy atom. The van der Waals surface area contributed by atoms with Crippen LogP contribution in [0.3, 0.4) is 0 Å². The maximum absolute atomic E-state index is 12.2. The molecule has 1 amide bonds. The van der Waals surface area contributed by atoms with Crippen molar-refractivity contribution in [2.45, 2.75) is 12.8 Å². The molecule has 0 bridgehead atoms. The lowest BCUT2D eigenvalue weighted by Crippen LogP contribution is -2.13. The van der Waals surface area contributed by atoms with E-state index in [-0.39, 0.29) is 12.3 Å². The average Bonchev–Trinajstić information content (AvgIpc) is 3.10. The number of amides is 1. The van der Waals surface area contributed by atoms with Crippen molar-refractivity contribution in [3.63, 3.8) is 0 Å². The summed E-state index contributed by atoms with van der Waals surface area (Å²) < 4.78 is 5.34. The minimum Gasteiger partial charge on any atom is -0.497 e. The molecule has 2 aromatic carbocycles. The molecule has 1 aliphatic rings. The van der Waals surface area contributed by atoms with E-state index in [2.05, 4.69) is 20.6 Å². The number of hydrogen-bond acceptors (Lipinski definition) is 5. The molecule has 31 heavy (non-hydrogen) atoms. The molecular weight excluding hydrogens is 414 g/mol. The van der Waals surface area contributed by atoms with Crippen LogP contribution >= 0.6 is 11.6 Å². The van der Waals surface area contributed by atoms with Gasteiger partial charge in [-0.1, -0.05) is 11.6 Å². The predicted octanol–water partition coefficient (Wildman–Crippen LogP) is 4.44. The first-order valence-electron chi connectivity index (χ1n) is 9.94. The van der Waals surface area contributed by atoms with E-state index in [0.29, 0.717) is 23.2 Å². The molecule has 8 heteroatoms. The summed E-state index contributed by atoms with van der Waals surface area (Å²) in [5, 5.41) is 7.89. The molecule has 2 aromatic heterocycles. The fraction of sp³-hybridized carbons (Fsp3) is 0.174. The second-order valence-corrected chi connectivity index (χ2v) is 7.82. The molecule has 0 fully saturated rings. The third kappa shape index (κ3) is 3.80. The van der Waals surface area contributed by atoms with Gasteiger partial charge in [-0.25, -0.2) is 9.97 Å². The Balaban J connectivity index is 1.37. The number of methoxy groups -OCH3 is 1. The molecule has 156 valence electrons. The van der Waals surface area contributed by atoms with Crippen LogP contribution in [0.1, 0.15) is 11.1 Å². The lowest BCUT2D eigenvalue weighted by atomic mass is 10.1. The monoisotopic (exact) mass is 433 g/mol. The lowest BCUT2D eigenvalue weighted by molar-refractivity contribution is -0.115. The summed E-state index contributed by atoms with van der Waals surface area (Å²) in [6, 6.07) is 11.4. The zero-order chi connectivity index (χ0) is 21.4. The quantitative estimate of drug-likeness (QED) is 0.433. The number of nitrogens with one attached hydrogen (secondary N) is 3. The van der Waals surface area contributed by atoms with Crippen molar-refractivity contribution in [1.82, 2.24) is 15.0 Å². The smallest absolute Gasteiger partial charge is 0.228 e. The first-order chi connectivity index (χ1) is 15.1. The molecular formula is C23H20ClN5O2. The number of ether oxygens (including phenoxy) is 1. The van der Waals surface area contributed by atoms with E-state index >= 15 is 0 Å². The molecule has 3 heterocycles. The number of carbonyl (C=O) groups excluding carboxylic acids is 1. The maximum Gasteiger partial charge on any atom is 0.228 e. The van der Waals surface area contributed by atoms with Gasteiger partial charge in [-0.2, -0.15) is 0 Å². The number of aromatic nitrogens is 3. The van der Waals surface area contributed by atoms with Gasteiger partial charge in [0, 0.05) is 46.0 Å². The number of hydrogen-bond donors (Lipinski definition) is 3. The Labute approximate surface area is 183 Å².